The van der Waals surface area contributed by atoms with Gasteiger partial charge in [0.2, 0.25) is 0 Å². The van der Waals surface area contributed by atoms with E-state index >= 15 is 0 Å². The monoisotopic (exact) mass is 304 g/mol. The van der Waals surface area contributed by atoms with Gasteiger partial charge in [0.1, 0.15) is 5.75 Å². The summed E-state index contributed by atoms with van der Waals surface area (Å²) in [4.78, 5) is 12.2. The molecule has 0 aliphatic carbocycles. The largest absolute Gasteiger partial charge is 0.507 e. The Labute approximate surface area is 134 Å². The summed E-state index contributed by atoms with van der Waals surface area (Å²) in [6.45, 7) is 0. The predicted molar refractivity (Wildman–Crippen MR) is 90.3 cm³/mol. The summed E-state index contributed by atoms with van der Waals surface area (Å²) in [6.07, 6.45) is 0. The van der Waals surface area contributed by atoms with Crippen LogP contribution in [0.25, 0.3) is 22.3 Å². The summed E-state index contributed by atoms with van der Waals surface area (Å²) in [7, 11) is 1.36. The number of esters is 1. The molecule has 0 spiro atoms. The summed E-state index contributed by atoms with van der Waals surface area (Å²) in [5.41, 5.74) is 3.66. The third kappa shape index (κ3) is 2.94. The van der Waals surface area contributed by atoms with Crippen LogP contribution in [0.1, 0.15) is 10.4 Å². The van der Waals surface area contributed by atoms with Crippen LogP contribution in [0.5, 0.6) is 5.75 Å². The normalized spacial score (nSPS) is 10.3. The first-order chi connectivity index (χ1) is 11.2. The minimum atomic E-state index is -0.402. The Morgan fingerprint density at radius 3 is 2.22 bits per heavy atom. The third-order valence-corrected chi connectivity index (χ3v) is 3.72. The van der Waals surface area contributed by atoms with E-state index in [1.54, 1.807) is 18.2 Å². The number of para-hydroxylation sites is 1. The van der Waals surface area contributed by atoms with E-state index in [4.69, 9.17) is 4.74 Å². The van der Waals surface area contributed by atoms with Gasteiger partial charge in [0.05, 0.1) is 12.7 Å². The highest BCUT2D eigenvalue weighted by molar-refractivity contribution is 5.99. The van der Waals surface area contributed by atoms with Crippen molar-refractivity contribution in [1.82, 2.24) is 0 Å². The molecular formula is C20H16O3. The molecule has 3 aromatic carbocycles. The Morgan fingerprint density at radius 2 is 1.52 bits per heavy atom. The van der Waals surface area contributed by atoms with Crippen molar-refractivity contribution in [2.45, 2.75) is 0 Å². The van der Waals surface area contributed by atoms with Crippen molar-refractivity contribution in [2.75, 3.05) is 7.11 Å². The van der Waals surface area contributed by atoms with Crippen molar-refractivity contribution in [3.8, 4) is 28.0 Å². The zero-order valence-electron chi connectivity index (χ0n) is 12.7. The van der Waals surface area contributed by atoms with Crippen LogP contribution in [0.15, 0.2) is 72.8 Å². The molecule has 0 unspecified atom stereocenters. The van der Waals surface area contributed by atoms with E-state index < -0.39 is 5.97 Å². The molecule has 0 saturated carbocycles. The van der Waals surface area contributed by atoms with Crippen LogP contribution < -0.4 is 0 Å². The summed E-state index contributed by atoms with van der Waals surface area (Å²) in [6, 6.07) is 22.2. The first-order valence-corrected chi connectivity index (χ1v) is 7.27. The highest BCUT2D eigenvalue weighted by Crippen LogP contribution is 2.33. The Hall–Kier alpha value is -3.07. The number of aromatic hydroxyl groups is 1. The number of methoxy groups -OCH3 is 1. The van der Waals surface area contributed by atoms with Crippen LogP contribution in [-0.4, -0.2) is 18.2 Å². The van der Waals surface area contributed by atoms with Gasteiger partial charge in [-0.3, -0.25) is 0 Å². The van der Waals surface area contributed by atoms with Gasteiger partial charge in [-0.15, -0.1) is 0 Å². The molecule has 0 amide bonds. The molecule has 114 valence electrons. The molecule has 0 aliphatic rings. The quantitative estimate of drug-likeness (QED) is 0.724. The van der Waals surface area contributed by atoms with Gasteiger partial charge >= 0.3 is 5.97 Å². The first-order valence-electron chi connectivity index (χ1n) is 7.27. The second kappa shape index (κ2) is 6.36. The number of phenolic OH excluding ortho intramolecular Hbond substituents is 1. The van der Waals surface area contributed by atoms with E-state index in [2.05, 4.69) is 0 Å². The van der Waals surface area contributed by atoms with E-state index in [1.165, 1.54) is 7.11 Å². The molecule has 0 saturated heterocycles. The fourth-order valence-electron chi connectivity index (χ4n) is 2.58. The number of benzene rings is 3. The minimum absolute atomic E-state index is 0.177. The Balaban J connectivity index is 2.17. The van der Waals surface area contributed by atoms with Crippen LogP contribution in [0.4, 0.5) is 0 Å². The molecule has 0 bridgehead atoms. The summed E-state index contributed by atoms with van der Waals surface area (Å²) in [5, 5.41) is 10.0. The Morgan fingerprint density at radius 1 is 0.826 bits per heavy atom. The zero-order valence-corrected chi connectivity index (χ0v) is 12.7. The number of phenols is 1. The van der Waals surface area contributed by atoms with Crippen LogP contribution in [-0.2, 0) is 4.74 Å². The molecule has 0 atom stereocenters. The Bertz CT molecular complexity index is 839. The molecule has 1 N–H and O–H groups in total. The topological polar surface area (TPSA) is 46.5 Å². The maximum atomic E-state index is 12.2. The number of rotatable bonds is 3. The van der Waals surface area contributed by atoms with Crippen molar-refractivity contribution >= 4 is 5.97 Å². The maximum absolute atomic E-state index is 12.2. The van der Waals surface area contributed by atoms with E-state index in [0.29, 0.717) is 11.1 Å². The lowest BCUT2D eigenvalue weighted by Crippen LogP contribution is -2.04. The fourth-order valence-corrected chi connectivity index (χ4v) is 2.58. The standard InChI is InChI=1S/C20H16O3/c1-23-20(22)18-13-15(17-9-5-6-10-19(17)21)11-12-16(18)14-7-3-2-4-8-14/h2-13,21H,1H3. The summed E-state index contributed by atoms with van der Waals surface area (Å²) in [5.74, 6) is -0.225. The number of ether oxygens (including phenoxy) is 1. The lowest BCUT2D eigenvalue weighted by molar-refractivity contribution is 0.0601. The second-order valence-corrected chi connectivity index (χ2v) is 5.14. The molecule has 23 heavy (non-hydrogen) atoms. The van der Waals surface area contributed by atoms with Gasteiger partial charge in [-0.25, -0.2) is 4.79 Å². The Kier molecular flexibility index (Phi) is 4.11. The molecule has 3 aromatic rings. The van der Waals surface area contributed by atoms with Gasteiger partial charge in [0, 0.05) is 5.56 Å². The summed E-state index contributed by atoms with van der Waals surface area (Å²) >= 11 is 0. The molecule has 3 nitrogen and oxygen atoms in total. The number of hydrogen-bond donors (Lipinski definition) is 1. The number of carbonyl (C=O) groups is 1. The minimum Gasteiger partial charge on any atom is -0.507 e. The highest BCUT2D eigenvalue weighted by Gasteiger charge is 2.15. The number of carbonyl (C=O) groups excluding carboxylic acids is 1. The van der Waals surface area contributed by atoms with Crippen LogP contribution in [0.3, 0.4) is 0 Å². The van der Waals surface area contributed by atoms with E-state index in [0.717, 1.165) is 16.7 Å². The first kappa shape index (κ1) is 14.9. The maximum Gasteiger partial charge on any atom is 0.338 e. The smallest absolute Gasteiger partial charge is 0.338 e. The highest BCUT2D eigenvalue weighted by atomic mass is 16.5. The summed E-state index contributed by atoms with van der Waals surface area (Å²) < 4.78 is 4.92. The van der Waals surface area contributed by atoms with Gasteiger partial charge in [0.25, 0.3) is 0 Å². The molecule has 0 aromatic heterocycles. The fraction of sp³-hybridized carbons (Fsp3) is 0.0500. The number of hydrogen-bond acceptors (Lipinski definition) is 3. The zero-order chi connectivity index (χ0) is 16.2. The molecule has 3 heteroatoms. The van der Waals surface area contributed by atoms with Crippen molar-refractivity contribution in [3.63, 3.8) is 0 Å². The van der Waals surface area contributed by atoms with Crippen molar-refractivity contribution < 1.29 is 14.6 Å². The van der Waals surface area contributed by atoms with Gasteiger partial charge in [-0.1, -0.05) is 60.7 Å². The van der Waals surface area contributed by atoms with Crippen LogP contribution in [0.2, 0.25) is 0 Å². The van der Waals surface area contributed by atoms with Gasteiger partial charge in [0.15, 0.2) is 0 Å². The van der Waals surface area contributed by atoms with Gasteiger partial charge < -0.3 is 9.84 Å². The molecule has 3 rings (SSSR count). The van der Waals surface area contributed by atoms with Crippen LogP contribution >= 0.6 is 0 Å². The van der Waals surface area contributed by atoms with Gasteiger partial charge in [-0.05, 0) is 28.8 Å². The van der Waals surface area contributed by atoms with Crippen molar-refractivity contribution in [1.29, 1.82) is 0 Å². The van der Waals surface area contributed by atoms with E-state index in [9.17, 15) is 9.90 Å². The molecule has 0 heterocycles. The SMILES string of the molecule is COC(=O)c1cc(-c2ccccc2O)ccc1-c1ccccc1. The second-order valence-electron chi connectivity index (χ2n) is 5.14. The van der Waals surface area contributed by atoms with Crippen molar-refractivity contribution in [3.05, 3.63) is 78.4 Å². The van der Waals surface area contributed by atoms with E-state index in [-0.39, 0.29) is 5.75 Å². The average molecular weight is 304 g/mol. The van der Waals surface area contributed by atoms with Crippen molar-refractivity contribution in [2.24, 2.45) is 0 Å². The van der Waals surface area contributed by atoms with E-state index in [1.807, 2.05) is 54.6 Å². The molecule has 0 radical (unpaired) electrons. The third-order valence-electron chi connectivity index (χ3n) is 3.72. The lowest BCUT2D eigenvalue weighted by atomic mass is 9.94. The molecule has 0 fully saturated rings. The lowest BCUT2D eigenvalue weighted by Gasteiger charge is -2.11. The molecular weight excluding hydrogens is 288 g/mol. The average Bonchev–Trinajstić information content (AvgIpc) is 2.62. The molecule has 0 aliphatic heterocycles. The van der Waals surface area contributed by atoms with Crippen LogP contribution in [0, 0.1) is 0 Å². The predicted octanol–water partition coefficient (Wildman–Crippen LogP) is 4.51. The van der Waals surface area contributed by atoms with Gasteiger partial charge in [-0.2, -0.15) is 0 Å².